The molecule has 1 atom stereocenters. The molecule has 1 heterocycles. The minimum atomic E-state index is -0.800. The standard InChI is InChI=1S/C25H34N2O6/c1-5-19-20(22(28)31-15-16-9-7-6-8-10-16)21(27-23(29)26-19)17-11-13-18(14-12-17)32-24(30)33-25(2,3)4/h11-14,16,21H,5-10,15H2,1-4H3,(H2,26,27,29). The van der Waals surface area contributed by atoms with Gasteiger partial charge in [0.15, 0.2) is 0 Å². The molecule has 1 aliphatic carbocycles. The molecular formula is C25H34N2O6. The number of benzene rings is 1. The van der Waals surface area contributed by atoms with E-state index < -0.39 is 23.8 Å². The van der Waals surface area contributed by atoms with E-state index in [1.807, 2.05) is 6.92 Å². The molecule has 2 N–H and O–H groups in total. The number of esters is 1. The zero-order valence-corrected chi connectivity index (χ0v) is 19.9. The average molecular weight is 459 g/mol. The summed E-state index contributed by atoms with van der Waals surface area (Å²) in [4.78, 5) is 37.2. The summed E-state index contributed by atoms with van der Waals surface area (Å²) >= 11 is 0. The highest BCUT2D eigenvalue weighted by atomic mass is 16.7. The average Bonchev–Trinajstić information content (AvgIpc) is 2.76. The second-order valence-electron chi connectivity index (χ2n) is 9.52. The van der Waals surface area contributed by atoms with Crippen LogP contribution < -0.4 is 15.4 Å². The van der Waals surface area contributed by atoms with Crippen LogP contribution in [-0.4, -0.2) is 30.4 Å². The summed E-state index contributed by atoms with van der Waals surface area (Å²) in [5.41, 5.74) is 0.960. The number of carbonyl (C=O) groups excluding carboxylic acids is 3. The predicted octanol–water partition coefficient (Wildman–Crippen LogP) is 5.14. The molecule has 0 saturated heterocycles. The molecular weight excluding hydrogens is 424 g/mol. The van der Waals surface area contributed by atoms with Crippen molar-refractivity contribution in [2.75, 3.05) is 6.61 Å². The molecule has 0 spiro atoms. The number of hydrogen-bond acceptors (Lipinski definition) is 6. The van der Waals surface area contributed by atoms with Crippen LogP contribution in [0.4, 0.5) is 9.59 Å². The monoisotopic (exact) mass is 458 g/mol. The number of nitrogens with one attached hydrogen (secondary N) is 2. The Kier molecular flexibility index (Phi) is 8.00. The Labute approximate surface area is 195 Å². The third kappa shape index (κ3) is 6.97. The smallest absolute Gasteiger partial charge is 0.462 e. The normalized spacial score (nSPS) is 19.4. The van der Waals surface area contributed by atoms with E-state index in [4.69, 9.17) is 14.2 Å². The molecule has 1 aliphatic heterocycles. The number of urea groups is 1. The maximum absolute atomic E-state index is 13.1. The molecule has 1 aromatic carbocycles. The molecule has 2 aliphatic rings. The molecule has 1 fully saturated rings. The van der Waals surface area contributed by atoms with Crippen molar-refractivity contribution in [2.45, 2.75) is 77.9 Å². The number of amides is 2. The van der Waals surface area contributed by atoms with Crippen molar-refractivity contribution in [3.63, 3.8) is 0 Å². The largest absolute Gasteiger partial charge is 0.514 e. The van der Waals surface area contributed by atoms with E-state index in [9.17, 15) is 14.4 Å². The van der Waals surface area contributed by atoms with E-state index in [1.54, 1.807) is 45.0 Å². The van der Waals surface area contributed by atoms with Crippen LogP contribution in [0.25, 0.3) is 0 Å². The van der Waals surface area contributed by atoms with Gasteiger partial charge in [0.2, 0.25) is 0 Å². The molecule has 1 unspecified atom stereocenters. The van der Waals surface area contributed by atoms with Crippen molar-refractivity contribution in [3.8, 4) is 5.75 Å². The zero-order chi connectivity index (χ0) is 24.0. The van der Waals surface area contributed by atoms with Crippen LogP contribution in [0.15, 0.2) is 35.5 Å². The summed E-state index contributed by atoms with van der Waals surface area (Å²) in [6, 6.07) is 5.57. The molecule has 0 radical (unpaired) electrons. The molecule has 8 nitrogen and oxygen atoms in total. The first-order valence-corrected chi connectivity index (χ1v) is 11.6. The Bertz CT molecular complexity index is 894. The van der Waals surface area contributed by atoms with Crippen molar-refractivity contribution in [2.24, 2.45) is 5.92 Å². The van der Waals surface area contributed by atoms with E-state index in [0.717, 1.165) is 12.8 Å². The van der Waals surface area contributed by atoms with Crippen LogP contribution in [0.3, 0.4) is 0 Å². The molecule has 0 bridgehead atoms. The number of rotatable bonds is 6. The highest BCUT2D eigenvalue weighted by Crippen LogP contribution is 2.31. The Morgan fingerprint density at radius 2 is 1.73 bits per heavy atom. The van der Waals surface area contributed by atoms with Gasteiger partial charge in [-0.2, -0.15) is 0 Å². The van der Waals surface area contributed by atoms with E-state index in [2.05, 4.69) is 10.6 Å². The third-order valence-corrected chi connectivity index (χ3v) is 5.71. The third-order valence-electron chi connectivity index (χ3n) is 5.71. The summed E-state index contributed by atoms with van der Waals surface area (Å²) in [7, 11) is 0. The van der Waals surface area contributed by atoms with Gasteiger partial charge in [-0.25, -0.2) is 14.4 Å². The van der Waals surface area contributed by atoms with Gasteiger partial charge in [0.1, 0.15) is 11.4 Å². The first-order valence-electron chi connectivity index (χ1n) is 11.6. The van der Waals surface area contributed by atoms with Gasteiger partial charge in [-0.15, -0.1) is 0 Å². The van der Waals surface area contributed by atoms with Crippen molar-refractivity contribution < 1.29 is 28.6 Å². The number of hydrogen-bond donors (Lipinski definition) is 2. The van der Waals surface area contributed by atoms with Crippen molar-refractivity contribution in [1.29, 1.82) is 0 Å². The van der Waals surface area contributed by atoms with Gasteiger partial charge >= 0.3 is 18.2 Å². The molecule has 1 saturated carbocycles. The lowest BCUT2D eigenvalue weighted by Crippen LogP contribution is -2.46. The van der Waals surface area contributed by atoms with E-state index in [-0.39, 0.29) is 6.03 Å². The van der Waals surface area contributed by atoms with E-state index >= 15 is 0 Å². The van der Waals surface area contributed by atoms with Gasteiger partial charge in [0.25, 0.3) is 0 Å². The van der Waals surface area contributed by atoms with Gasteiger partial charge in [-0.1, -0.05) is 38.3 Å². The van der Waals surface area contributed by atoms with Gasteiger partial charge in [0, 0.05) is 5.70 Å². The fraction of sp³-hybridized carbons (Fsp3) is 0.560. The van der Waals surface area contributed by atoms with Crippen molar-refractivity contribution in [3.05, 3.63) is 41.1 Å². The second kappa shape index (κ2) is 10.7. The molecule has 2 amide bonds. The lowest BCUT2D eigenvalue weighted by molar-refractivity contribution is -0.141. The van der Waals surface area contributed by atoms with Crippen LogP contribution in [0.2, 0.25) is 0 Å². The van der Waals surface area contributed by atoms with Gasteiger partial charge in [0.05, 0.1) is 18.2 Å². The Morgan fingerprint density at radius 1 is 1.06 bits per heavy atom. The van der Waals surface area contributed by atoms with Crippen molar-refractivity contribution in [1.82, 2.24) is 10.6 Å². The van der Waals surface area contributed by atoms with Crippen LogP contribution in [0, 0.1) is 5.92 Å². The number of allylic oxidation sites excluding steroid dienone is 1. The number of carbonyl (C=O) groups is 3. The topological polar surface area (TPSA) is 103 Å². The maximum atomic E-state index is 13.1. The molecule has 180 valence electrons. The minimum Gasteiger partial charge on any atom is -0.462 e. The fourth-order valence-electron chi connectivity index (χ4n) is 4.11. The van der Waals surface area contributed by atoms with Crippen LogP contribution in [-0.2, 0) is 14.3 Å². The highest BCUT2D eigenvalue weighted by Gasteiger charge is 2.33. The summed E-state index contributed by atoms with van der Waals surface area (Å²) < 4.78 is 16.1. The summed E-state index contributed by atoms with van der Waals surface area (Å²) in [5.74, 6) is 0.264. The molecule has 3 rings (SSSR count). The van der Waals surface area contributed by atoms with Crippen molar-refractivity contribution >= 4 is 18.2 Å². The Morgan fingerprint density at radius 3 is 2.33 bits per heavy atom. The fourth-order valence-corrected chi connectivity index (χ4v) is 4.11. The number of ether oxygens (including phenoxy) is 3. The lowest BCUT2D eigenvalue weighted by atomic mass is 9.90. The molecule has 33 heavy (non-hydrogen) atoms. The second-order valence-corrected chi connectivity index (χ2v) is 9.52. The molecule has 8 heteroatoms. The maximum Gasteiger partial charge on any atom is 0.514 e. The first kappa shape index (κ1) is 24.6. The first-order chi connectivity index (χ1) is 15.7. The molecule has 0 aromatic heterocycles. The predicted molar refractivity (Wildman–Crippen MR) is 123 cm³/mol. The van der Waals surface area contributed by atoms with Gasteiger partial charge in [-0.3, -0.25) is 0 Å². The Balaban J connectivity index is 1.75. The summed E-state index contributed by atoms with van der Waals surface area (Å²) in [6.07, 6.45) is 5.41. The quantitative estimate of drug-likeness (QED) is 0.452. The van der Waals surface area contributed by atoms with E-state index in [1.165, 1.54) is 19.3 Å². The zero-order valence-electron chi connectivity index (χ0n) is 19.9. The lowest BCUT2D eigenvalue weighted by Gasteiger charge is -2.30. The van der Waals surface area contributed by atoms with E-state index in [0.29, 0.717) is 41.5 Å². The van der Waals surface area contributed by atoms with Gasteiger partial charge < -0.3 is 24.8 Å². The molecule has 1 aromatic rings. The Hall–Kier alpha value is -3.03. The highest BCUT2D eigenvalue weighted by molar-refractivity contribution is 5.95. The van der Waals surface area contributed by atoms with Crippen LogP contribution >= 0.6 is 0 Å². The van der Waals surface area contributed by atoms with Gasteiger partial charge in [-0.05, 0) is 63.6 Å². The van der Waals surface area contributed by atoms with Crippen LogP contribution in [0.5, 0.6) is 5.75 Å². The summed E-state index contributed by atoms with van der Waals surface area (Å²) in [6.45, 7) is 7.53. The SMILES string of the molecule is CCC1=C(C(=O)OCC2CCCCC2)C(c2ccc(OC(=O)OC(C)(C)C)cc2)NC(=O)N1. The van der Waals surface area contributed by atoms with Crippen LogP contribution in [0.1, 0.15) is 77.8 Å². The minimum absolute atomic E-state index is 0.300. The summed E-state index contributed by atoms with van der Waals surface area (Å²) in [5, 5.41) is 5.55.